The Morgan fingerprint density at radius 3 is 2.38 bits per heavy atom. The number of carbonyl (C=O) groups excluding carboxylic acids is 1. The van der Waals surface area contributed by atoms with Gasteiger partial charge in [0.05, 0.1) is 6.26 Å². The number of hydrogen-bond acceptors (Lipinski definition) is 3. The molecule has 0 aromatic carbocycles. The van der Waals surface area contributed by atoms with Gasteiger partial charge in [0, 0.05) is 6.42 Å². The van der Waals surface area contributed by atoms with Gasteiger partial charge in [-0.3, -0.25) is 9.52 Å². The van der Waals surface area contributed by atoms with Gasteiger partial charge in [0.1, 0.15) is 5.41 Å². The van der Waals surface area contributed by atoms with Crippen LogP contribution in [-0.2, 0) is 14.8 Å². The lowest BCUT2D eigenvalue weighted by atomic mass is 9.80. The normalized spacial score (nSPS) is 36.3. The van der Waals surface area contributed by atoms with Crippen molar-refractivity contribution in [3.63, 3.8) is 0 Å². The van der Waals surface area contributed by atoms with E-state index in [1.807, 2.05) is 0 Å². The Kier molecular flexibility index (Phi) is 2.31. The van der Waals surface area contributed by atoms with E-state index in [1.165, 1.54) is 0 Å². The van der Waals surface area contributed by atoms with Gasteiger partial charge in [-0.1, -0.05) is 0 Å². The van der Waals surface area contributed by atoms with Crippen molar-refractivity contribution in [2.45, 2.75) is 31.6 Å². The van der Waals surface area contributed by atoms with Crippen LogP contribution in [0.15, 0.2) is 0 Å². The Morgan fingerprint density at radius 1 is 1.38 bits per heavy atom. The van der Waals surface area contributed by atoms with E-state index >= 15 is 0 Å². The van der Waals surface area contributed by atoms with Gasteiger partial charge < -0.3 is 0 Å². The third-order valence-electron chi connectivity index (χ3n) is 3.57. The zero-order valence-corrected chi connectivity index (χ0v) is 9.61. The Labute approximate surface area is 92.5 Å². The Morgan fingerprint density at radius 2 is 2.00 bits per heavy atom. The van der Waals surface area contributed by atoms with E-state index in [1.54, 1.807) is 4.72 Å². The number of halogens is 2. The molecule has 0 saturated heterocycles. The predicted molar refractivity (Wildman–Crippen MR) is 52.3 cm³/mol. The van der Waals surface area contributed by atoms with E-state index < -0.39 is 27.3 Å². The van der Waals surface area contributed by atoms with E-state index in [0.717, 1.165) is 6.26 Å². The Bertz CT molecular complexity index is 434. The van der Waals surface area contributed by atoms with Crippen molar-refractivity contribution < 1.29 is 22.0 Å². The standard InChI is InChI=1S/C9H13F2NO3S/c1-16(14,15)12-7(13)8-3-2-6(4-8)5-9(8,10)11/h6H,2-5H2,1H3,(H,12,13). The number of nitrogens with one attached hydrogen (secondary N) is 1. The number of alkyl halides is 2. The maximum absolute atomic E-state index is 13.7. The van der Waals surface area contributed by atoms with Crippen LogP contribution in [0.4, 0.5) is 8.78 Å². The van der Waals surface area contributed by atoms with E-state index in [9.17, 15) is 22.0 Å². The number of hydrogen-bond donors (Lipinski definition) is 1. The summed E-state index contributed by atoms with van der Waals surface area (Å²) in [6.07, 6.45) is 1.24. The molecule has 2 rings (SSSR count). The minimum Gasteiger partial charge on any atom is -0.273 e. The van der Waals surface area contributed by atoms with Crippen molar-refractivity contribution in [2.24, 2.45) is 11.3 Å². The van der Waals surface area contributed by atoms with Crippen LogP contribution < -0.4 is 4.72 Å². The molecule has 2 bridgehead atoms. The summed E-state index contributed by atoms with van der Waals surface area (Å²) >= 11 is 0. The highest BCUT2D eigenvalue weighted by atomic mass is 32.2. The van der Waals surface area contributed by atoms with Gasteiger partial charge in [-0.25, -0.2) is 17.2 Å². The maximum atomic E-state index is 13.7. The summed E-state index contributed by atoms with van der Waals surface area (Å²) in [6.45, 7) is 0. The molecule has 92 valence electrons. The Balaban J connectivity index is 2.28. The van der Waals surface area contributed by atoms with Gasteiger partial charge in [-0.15, -0.1) is 0 Å². The maximum Gasteiger partial charge on any atom is 0.262 e. The summed E-state index contributed by atoms with van der Waals surface area (Å²) in [5, 5.41) is 0. The number of amides is 1. The largest absolute Gasteiger partial charge is 0.273 e. The van der Waals surface area contributed by atoms with E-state index in [4.69, 9.17) is 0 Å². The van der Waals surface area contributed by atoms with Crippen molar-refractivity contribution in [3.05, 3.63) is 0 Å². The first-order chi connectivity index (χ1) is 7.16. The van der Waals surface area contributed by atoms with Gasteiger partial charge >= 0.3 is 0 Å². The molecule has 2 unspecified atom stereocenters. The van der Waals surface area contributed by atoms with Crippen LogP contribution in [0.3, 0.4) is 0 Å². The van der Waals surface area contributed by atoms with Crippen LogP contribution in [-0.4, -0.2) is 26.5 Å². The number of rotatable bonds is 2. The average molecular weight is 253 g/mol. The summed E-state index contributed by atoms with van der Waals surface area (Å²) in [5.74, 6) is -4.27. The van der Waals surface area contributed by atoms with Crippen molar-refractivity contribution in [1.29, 1.82) is 0 Å². The van der Waals surface area contributed by atoms with E-state index in [-0.39, 0.29) is 25.2 Å². The lowest BCUT2D eigenvalue weighted by Gasteiger charge is -2.32. The summed E-state index contributed by atoms with van der Waals surface area (Å²) in [4.78, 5) is 11.7. The molecule has 16 heavy (non-hydrogen) atoms. The number of sulfonamides is 1. The van der Waals surface area contributed by atoms with Gasteiger partial charge in [0.25, 0.3) is 5.92 Å². The van der Waals surface area contributed by atoms with Crippen LogP contribution in [0.2, 0.25) is 0 Å². The second-order valence-corrected chi connectivity index (χ2v) is 6.55. The second-order valence-electron chi connectivity index (χ2n) is 4.80. The molecule has 7 heteroatoms. The van der Waals surface area contributed by atoms with Crippen molar-refractivity contribution in [2.75, 3.05) is 6.26 Å². The monoisotopic (exact) mass is 253 g/mol. The fraction of sp³-hybridized carbons (Fsp3) is 0.889. The van der Waals surface area contributed by atoms with Crippen LogP contribution in [0, 0.1) is 11.3 Å². The molecule has 2 aliphatic carbocycles. The van der Waals surface area contributed by atoms with E-state index in [2.05, 4.69) is 0 Å². The molecular weight excluding hydrogens is 240 g/mol. The molecule has 2 saturated carbocycles. The lowest BCUT2D eigenvalue weighted by molar-refractivity contribution is -0.155. The molecule has 0 heterocycles. The summed E-state index contributed by atoms with van der Waals surface area (Å²) in [6, 6.07) is 0. The van der Waals surface area contributed by atoms with Gasteiger partial charge in [0.2, 0.25) is 15.9 Å². The number of fused-ring (bicyclic) bond motifs is 2. The fourth-order valence-electron chi connectivity index (χ4n) is 2.85. The first kappa shape index (κ1) is 11.8. The molecule has 1 N–H and O–H groups in total. The second kappa shape index (κ2) is 3.15. The molecule has 0 aromatic rings. The summed E-state index contributed by atoms with van der Waals surface area (Å²) in [7, 11) is -3.77. The van der Waals surface area contributed by atoms with Crippen molar-refractivity contribution in [3.8, 4) is 0 Å². The van der Waals surface area contributed by atoms with Crippen LogP contribution in [0.1, 0.15) is 25.7 Å². The molecule has 1 amide bonds. The molecule has 0 radical (unpaired) electrons. The highest BCUT2D eigenvalue weighted by Gasteiger charge is 2.68. The topological polar surface area (TPSA) is 63.2 Å². The lowest BCUT2D eigenvalue weighted by Crippen LogP contribution is -2.50. The van der Waals surface area contributed by atoms with Crippen molar-refractivity contribution in [1.82, 2.24) is 4.72 Å². The Hall–Kier alpha value is -0.720. The molecule has 0 spiro atoms. The molecule has 2 aliphatic rings. The van der Waals surface area contributed by atoms with Crippen molar-refractivity contribution >= 4 is 15.9 Å². The molecule has 2 atom stereocenters. The van der Waals surface area contributed by atoms with Gasteiger partial charge in [0.15, 0.2) is 0 Å². The van der Waals surface area contributed by atoms with Crippen LogP contribution in [0.25, 0.3) is 0 Å². The van der Waals surface area contributed by atoms with Crippen LogP contribution >= 0.6 is 0 Å². The minimum absolute atomic E-state index is 0.0754. The highest BCUT2D eigenvalue weighted by Crippen LogP contribution is 2.62. The highest BCUT2D eigenvalue weighted by molar-refractivity contribution is 7.89. The first-order valence-corrected chi connectivity index (χ1v) is 6.95. The average Bonchev–Trinajstić information content (AvgIpc) is 2.54. The molecule has 0 aromatic heterocycles. The van der Waals surface area contributed by atoms with Crippen LogP contribution in [0.5, 0.6) is 0 Å². The predicted octanol–water partition coefficient (Wildman–Crippen LogP) is 0.888. The fourth-order valence-corrected chi connectivity index (χ4v) is 3.38. The third kappa shape index (κ3) is 1.61. The third-order valence-corrected chi connectivity index (χ3v) is 4.13. The number of carbonyl (C=O) groups is 1. The quantitative estimate of drug-likeness (QED) is 0.794. The van der Waals surface area contributed by atoms with Gasteiger partial charge in [-0.2, -0.15) is 0 Å². The van der Waals surface area contributed by atoms with E-state index in [0.29, 0.717) is 6.42 Å². The summed E-state index contributed by atoms with van der Waals surface area (Å²) in [5.41, 5.74) is -1.79. The summed E-state index contributed by atoms with van der Waals surface area (Å²) < 4.78 is 50.8. The SMILES string of the molecule is CS(=O)(=O)NC(=O)C12CCC(CC1(F)F)C2. The smallest absolute Gasteiger partial charge is 0.262 e. The molecule has 0 aliphatic heterocycles. The molecule has 4 nitrogen and oxygen atoms in total. The molecule has 2 fully saturated rings. The zero-order valence-electron chi connectivity index (χ0n) is 8.79. The van der Waals surface area contributed by atoms with Gasteiger partial charge in [-0.05, 0) is 25.2 Å². The zero-order chi connectivity index (χ0) is 12.2. The molecular formula is C9H13F2NO3S. The minimum atomic E-state index is -3.77. The first-order valence-electron chi connectivity index (χ1n) is 5.06.